The molecule has 0 atom stereocenters. The molecule has 4 rings (SSSR count). The minimum Gasteiger partial charge on any atom is -0.325 e. The predicted molar refractivity (Wildman–Crippen MR) is 122 cm³/mol. The highest BCUT2D eigenvalue weighted by Crippen LogP contribution is 2.12. The zero-order valence-electron chi connectivity index (χ0n) is 18.5. The summed E-state index contributed by atoms with van der Waals surface area (Å²) in [6.07, 6.45) is 3.17. The first-order chi connectivity index (χ1) is 15.7. The first kappa shape index (κ1) is 22.7. The van der Waals surface area contributed by atoms with Gasteiger partial charge in [-0.2, -0.15) is 5.10 Å². The van der Waals surface area contributed by atoms with Crippen LogP contribution in [0.15, 0.2) is 57.5 Å². The Morgan fingerprint density at radius 1 is 1.09 bits per heavy atom. The van der Waals surface area contributed by atoms with Crippen molar-refractivity contribution in [2.75, 3.05) is 0 Å². The van der Waals surface area contributed by atoms with Gasteiger partial charge in [-0.1, -0.05) is 24.3 Å². The maximum Gasteiger partial charge on any atom is 0.330 e. The second-order valence-corrected chi connectivity index (χ2v) is 9.63. The van der Waals surface area contributed by atoms with E-state index in [-0.39, 0.29) is 24.2 Å². The van der Waals surface area contributed by atoms with Gasteiger partial charge in [-0.3, -0.25) is 19.0 Å². The Labute approximate surface area is 189 Å². The number of aromatic nitrogens is 6. The molecule has 11 nitrogen and oxygen atoms in total. The fourth-order valence-corrected chi connectivity index (χ4v) is 4.40. The van der Waals surface area contributed by atoms with Gasteiger partial charge in [-0.25, -0.2) is 22.9 Å². The summed E-state index contributed by atoms with van der Waals surface area (Å²) in [6, 6.07) is 8.70. The molecule has 3 heterocycles. The molecule has 1 aromatic carbocycles. The number of sulfonamides is 1. The Morgan fingerprint density at radius 3 is 2.42 bits per heavy atom. The van der Waals surface area contributed by atoms with Gasteiger partial charge in [0.15, 0.2) is 16.2 Å². The molecule has 0 unspecified atom stereocenters. The zero-order chi connectivity index (χ0) is 23.8. The lowest BCUT2D eigenvalue weighted by Crippen LogP contribution is -2.31. The summed E-state index contributed by atoms with van der Waals surface area (Å²) in [5, 5.41) is 4.08. The van der Waals surface area contributed by atoms with Crippen LogP contribution in [0.4, 0.5) is 0 Å². The number of imidazole rings is 1. The first-order valence-electron chi connectivity index (χ1n) is 10.5. The van der Waals surface area contributed by atoms with Crippen molar-refractivity contribution in [3.63, 3.8) is 0 Å². The van der Waals surface area contributed by atoms with Gasteiger partial charge in [0, 0.05) is 25.3 Å². The number of hydrogen-bond acceptors (Lipinski definition) is 6. The Hall–Kier alpha value is -3.51. The third kappa shape index (κ3) is 4.52. The number of hydrogen-bond donors (Lipinski definition) is 2. The molecule has 174 valence electrons. The molecule has 0 saturated heterocycles. The van der Waals surface area contributed by atoms with Gasteiger partial charge in [-0.15, -0.1) is 0 Å². The summed E-state index contributed by atoms with van der Waals surface area (Å²) in [5.74, 6) is 0. The molecule has 0 spiro atoms. The van der Waals surface area contributed by atoms with Gasteiger partial charge in [0.1, 0.15) is 0 Å². The van der Waals surface area contributed by atoms with E-state index in [2.05, 4.69) is 19.8 Å². The van der Waals surface area contributed by atoms with Crippen LogP contribution in [-0.4, -0.2) is 37.3 Å². The Morgan fingerprint density at radius 2 is 1.79 bits per heavy atom. The van der Waals surface area contributed by atoms with Gasteiger partial charge in [0.25, 0.3) is 15.6 Å². The summed E-state index contributed by atoms with van der Waals surface area (Å²) in [5.41, 5.74) is 1.22. The van der Waals surface area contributed by atoms with E-state index < -0.39 is 21.3 Å². The summed E-state index contributed by atoms with van der Waals surface area (Å²) in [7, 11) is -3.74. The SMILES string of the molecule is CCn1cnc2c1c(=O)[nH]c(=O)n2Cc1ccc(CNS(=O)(=O)c2ccn(C(C)C)n2)cc1. The Balaban J connectivity index is 1.50. The van der Waals surface area contributed by atoms with Crippen LogP contribution in [0.25, 0.3) is 11.2 Å². The maximum atomic E-state index is 12.5. The van der Waals surface area contributed by atoms with Crippen molar-refractivity contribution in [2.24, 2.45) is 0 Å². The monoisotopic (exact) mass is 471 g/mol. The van der Waals surface area contributed by atoms with Crippen LogP contribution >= 0.6 is 0 Å². The van der Waals surface area contributed by atoms with Gasteiger partial charge in [0.05, 0.1) is 12.9 Å². The van der Waals surface area contributed by atoms with Crippen LogP contribution in [0.3, 0.4) is 0 Å². The standard InChI is InChI=1S/C21H25N7O4S/c1-4-26-13-22-19-18(26)20(29)24-21(30)27(19)12-16-7-5-15(6-8-16)11-23-33(31,32)17-9-10-28(25-17)14(2)3/h5-10,13-14,23H,4,11-12H2,1-3H3,(H,24,29,30). The molecule has 12 heteroatoms. The van der Waals surface area contributed by atoms with E-state index in [1.165, 1.54) is 17.0 Å². The third-order valence-electron chi connectivity index (χ3n) is 5.31. The van der Waals surface area contributed by atoms with Crippen LogP contribution in [0.5, 0.6) is 0 Å². The molecule has 33 heavy (non-hydrogen) atoms. The van der Waals surface area contributed by atoms with Gasteiger partial charge in [0.2, 0.25) is 0 Å². The molecule has 2 N–H and O–H groups in total. The summed E-state index contributed by atoms with van der Waals surface area (Å²) >= 11 is 0. The van der Waals surface area contributed by atoms with Crippen molar-refractivity contribution in [3.8, 4) is 0 Å². The number of nitrogens with one attached hydrogen (secondary N) is 2. The lowest BCUT2D eigenvalue weighted by molar-refractivity contribution is 0.514. The molecule has 0 saturated carbocycles. The Kier molecular flexibility index (Phi) is 6.04. The first-order valence-corrected chi connectivity index (χ1v) is 12.0. The van der Waals surface area contributed by atoms with Crippen LogP contribution in [-0.2, 0) is 29.7 Å². The number of aryl methyl sites for hydroxylation is 1. The van der Waals surface area contributed by atoms with E-state index in [1.54, 1.807) is 39.7 Å². The second-order valence-electron chi connectivity index (χ2n) is 7.92. The highest BCUT2D eigenvalue weighted by Gasteiger charge is 2.18. The van der Waals surface area contributed by atoms with E-state index in [0.717, 1.165) is 11.1 Å². The lowest BCUT2D eigenvalue weighted by atomic mass is 10.1. The number of rotatable bonds is 8. The number of aromatic amines is 1. The van der Waals surface area contributed by atoms with Crippen molar-refractivity contribution in [1.29, 1.82) is 0 Å². The second kappa shape index (κ2) is 8.79. The number of H-pyrrole nitrogens is 1. The number of nitrogens with zero attached hydrogens (tertiary/aromatic N) is 5. The number of benzene rings is 1. The van der Waals surface area contributed by atoms with E-state index in [4.69, 9.17) is 0 Å². The highest BCUT2D eigenvalue weighted by molar-refractivity contribution is 7.89. The van der Waals surface area contributed by atoms with Gasteiger partial charge < -0.3 is 4.57 Å². The van der Waals surface area contributed by atoms with Gasteiger partial charge >= 0.3 is 5.69 Å². The highest BCUT2D eigenvalue weighted by atomic mass is 32.2. The topological polar surface area (TPSA) is 137 Å². The molecule has 0 bridgehead atoms. The fourth-order valence-electron chi connectivity index (χ4n) is 3.46. The van der Waals surface area contributed by atoms with Crippen molar-refractivity contribution >= 4 is 21.2 Å². The van der Waals surface area contributed by atoms with Crippen LogP contribution in [0, 0.1) is 0 Å². The largest absolute Gasteiger partial charge is 0.330 e. The average molecular weight is 472 g/mol. The Bertz CT molecular complexity index is 1510. The predicted octanol–water partition coefficient (Wildman–Crippen LogP) is 1.21. The quantitative estimate of drug-likeness (QED) is 0.396. The van der Waals surface area contributed by atoms with E-state index in [0.29, 0.717) is 17.7 Å². The summed E-state index contributed by atoms with van der Waals surface area (Å²) in [4.78, 5) is 31.2. The average Bonchev–Trinajstić information content (AvgIpc) is 3.44. The molecular weight excluding hydrogens is 446 g/mol. The van der Waals surface area contributed by atoms with Crippen molar-refractivity contribution in [3.05, 3.63) is 74.8 Å². The van der Waals surface area contributed by atoms with Crippen molar-refractivity contribution in [2.45, 2.75) is 51.5 Å². The van der Waals surface area contributed by atoms with Crippen LogP contribution < -0.4 is 16.0 Å². The minimum atomic E-state index is -3.74. The molecule has 0 aliphatic rings. The van der Waals surface area contributed by atoms with Gasteiger partial charge in [-0.05, 0) is 38.0 Å². The molecular formula is C21H25N7O4S. The lowest BCUT2D eigenvalue weighted by Gasteiger charge is -2.09. The smallest absolute Gasteiger partial charge is 0.325 e. The minimum absolute atomic E-state index is 0.0270. The number of fused-ring (bicyclic) bond motifs is 1. The van der Waals surface area contributed by atoms with Crippen molar-refractivity contribution in [1.82, 2.24) is 33.6 Å². The zero-order valence-corrected chi connectivity index (χ0v) is 19.3. The molecule has 3 aromatic heterocycles. The molecule has 4 aromatic rings. The molecule has 0 fully saturated rings. The van der Waals surface area contributed by atoms with E-state index in [1.807, 2.05) is 20.8 Å². The van der Waals surface area contributed by atoms with E-state index >= 15 is 0 Å². The molecule has 0 radical (unpaired) electrons. The third-order valence-corrected chi connectivity index (χ3v) is 6.61. The summed E-state index contributed by atoms with van der Waals surface area (Å²) in [6.45, 7) is 6.59. The van der Waals surface area contributed by atoms with Crippen LogP contribution in [0.2, 0.25) is 0 Å². The van der Waals surface area contributed by atoms with Crippen molar-refractivity contribution < 1.29 is 8.42 Å². The molecule has 0 aliphatic carbocycles. The molecule has 0 amide bonds. The molecule has 0 aliphatic heterocycles. The summed E-state index contributed by atoms with van der Waals surface area (Å²) < 4.78 is 32.2. The fraction of sp³-hybridized carbons (Fsp3) is 0.333. The van der Waals surface area contributed by atoms with Crippen LogP contribution in [0.1, 0.15) is 37.9 Å². The van der Waals surface area contributed by atoms with E-state index in [9.17, 15) is 18.0 Å². The maximum absolute atomic E-state index is 12.5. The normalized spacial score (nSPS) is 12.1.